The van der Waals surface area contributed by atoms with Crippen molar-refractivity contribution in [2.24, 2.45) is 67.5 Å². The SMILES string of the molecule is CC(C)C[C@H](NC(=O)[C@H](CCCCN)NC(=O)[C@H](CCCN=C(N)N)NC(=O)[C@H](C)NC(=O)[C@H](CO)NC(=O)[C@H](CCCCN)NC(=O)[C@H](CCCN=C(N)N)NC(=O)[C@H](C)NC(=O)CNC(=O)[C@@H](NC(=O)[C@H](Cc1ccccc1)NC(=O)CNC(=O)CNC(=O)[C@@H](N)Cc1ccccc1)[C@@H](C)O)C(=O)N[C@@H](Cc1ccccc1)C(=O)N[C@@H](CC(N)=O)C(=O)N[C@@H](CCC(N)=O)C(=O)O. The summed E-state index contributed by atoms with van der Waals surface area (Å²) in [6.45, 7) is 3.88. The van der Waals surface area contributed by atoms with E-state index in [1.807, 2.05) is 0 Å². The molecule has 0 aliphatic heterocycles. The van der Waals surface area contributed by atoms with Crippen LogP contribution >= 0.6 is 0 Å². The monoisotopic (exact) mass is 1880 g/mol. The van der Waals surface area contributed by atoms with E-state index in [0.717, 1.165) is 12.5 Å². The number of aliphatic hydroxyl groups excluding tert-OH is 2. The summed E-state index contributed by atoms with van der Waals surface area (Å²) in [5, 5.41) is 70.1. The van der Waals surface area contributed by atoms with Crippen LogP contribution in [0.4, 0.5) is 0 Å². The Hall–Kier alpha value is -14.1. The standard InChI is InChI=1S/C85H133N27O22/c1-46(2)37-59(77(127)109-61(40-52-25-13-8-14-26-52)78(128)110-62(41-65(90)116)79(129)107-58(83(133)134)31-32-64(89)115)108-75(125)54(27-15-17-33-86)105-74(124)57(30-20-36-96-85(93)94)104-71(121)48(4)101-81(131)63(45-113)111-76(126)55(28-16-18-34-87)106-73(123)56(29-19-35-95-84(91)92)103-70(120)47(3)100-67(118)44-99-82(132)69(49(5)114)112-80(130)60(39-51-23-11-7-12-24-51)102-68(119)43-97-66(117)42-98-72(122)53(88)38-50-21-9-6-10-22-50/h6-14,21-26,46-49,53-63,69,113-114H,15-20,27-45,86-88H2,1-5H3,(H2,89,115)(H2,90,116)(H,97,117)(H,98,122)(H,99,132)(H,100,118)(H,101,131)(H,102,119)(H,103,120)(H,104,121)(H,105,124)(H,106,123)(H,107,129)(H,108,125)(H,109,127)(H,110,128)(H,111,126)(H,112,130)(H,133,134)(H4,91,92,95)(H4,93,94,96)/t47-,48-,49+,53-,54-,55-,56-,57-,58-,59-,60-,61-,62-,63-,69-/m0/s1. The summed E-state index contributed by atoms with van der Waals surface area (Å²) in [5.41, 5.74) is 52.3. The fourth-order valence-electron chi connectivity index (χ4n) is 13.0. The van der Waals surface area contributed by atoms with Crippen molar-refractivity contribution in [3.8, 4) is 0 Å². The number of guanidine groups is 2. The second-order valence-corrected chi connectivity index (χ2v) is 32.1. The molecular weight excluding hydrogens is 1750 g/mol. The number of hydrogen-bond donors (Lipinski definition) is 28. The van der Waals surface area contributed by atoms with Crippen molar-refractivity contribution in [3.63, 3.8) is 0 Å². The van der Waals surface area contributed by atoms with Gasteiger partial charge in [-0.2, -0.15) is 0 Å². The highest BCUT2D eigenvalue weighted by atomic mass is 16.4. The number of hydrogen-bond acceptors (Lipinski definition) is 26. The number of nitrogens with two attached hydrogens (primary N) is 9. The molecule has 0 fully saturated rings. The van der Waals surface area contributed by atoms with Crippen LogP contribution in [0.3, 0.4) is 0 Å². The van der Waals surface area contributed by atoms with Crippen LogP contribution in [0.25, 0.3) is 0 Å². The second-order valence-electron chi connectivity index (χ2n) is 32.1. The summed E-state index contributed by atoms with van der Waals surface area (Å²) in [5.74, 6) is -20.3. The third kappa shape index (κ3) is 45.7. The molecule has 15 atom stereocenters. The molecule has 740 valence electrons. The lowest BCUT2D eigenvalue weighted by molar-refractivity contribution is -0.143. The molecule has 0 unspecified atom stereocenters. The van der Waals surface area contributed by atoms with Gasteiger partial charge in [0, 0.05) is 32.4 Å². The maximum Gasteiger partial charge on any atom is 0.326 e. The normalized spacial score (nSPS) is 14.3. The second kappa shape index (κ2) is 61.5. The highest BCUT2D eigenvalue weighted by Crippen LogP contribution is 2.15. The van der Waals surface area contributed by atoms with E-state index in [1.165, 1.54) is 13.8 Å². The van der Waals surface area contributed by atoms with Gasteiger partial charge in [0.25, 0.3) is 0 Å². The number of unbranched alkanes of at least 4 members (excludes halogenated alkanes) is 2. The number of aliphatic carboxylic acids is 1. The molecule has 0 heterocycles. The predicted molar refractivity (Wildman–Crippen MR) is 488 cm³/mol. The van der Waals surface area contributed by atoms with Crippen molar-refractivity contribution in [1.82, 2.24) is 85.1 Å². The molecule has 134 heavy (non-hydrogen) atoms. The van der Waals surface area contributed by atoms with Crippen LogP contribution in [0.15, 0.2) is 101 Å². The Labute approximate surface area is 774 Å². The number of carbonyl (C=O) groups excluding carboxylic acids is 18. The smallest absolute Gasteiger partial charge is 0.326 e. The van der Waals surface area contributed by atoms with E-state index in [-0.39, 0.29) is 121 Å². The van der Waals surface area contributed by atoms with E-state index in [2.05, 4.69) is 95.1 Å². The molecule has 37 N–H and O–H groups in total. The minimum absolute atomic E-state index is 0.00944. The number of primary amides is 2. The van der Waals surface area contributed by atoms with Gasteiger partial charge < -0.3 is 152 Å². The van der Waals surface area contributed by atoms with Crippen molar-refractivity contribution in [2.75, 3.05) is 52.4 Å². The Morgan fingerprint density at radius 2 is 0.694 bits per heavy atom. The number of carboxylic acid groups (broad SMARTS) is 1. The summed E-state index contributed by atoms with van der Waals surface area (Å²) in [6, 6.07) is 3.60. The maximum atomic E-state index is 14.6. The lowest BCUT2D eigenvalue weighted by Crippen LogP contribution is -2.61. The molecular formula is C85H133N27O22. The van der Waals surface area contributed by atoms with Crippen LogP contribution in [-0.2, 0) is 110 Å². The van der Waals surface area contributed by atoms with Crippen LogP contribution in [0.1, 0.15) is 141 Å². The molecule has 49 nitrogen and oxygen atoms in total. The van der Waals surface area contributed by atoms with Gasteiger partial charge >= 0.3 is 5.97 Å². The van der Waals surface area contributed by atoms with E-state index in [1.54, 1.807) is 105 Å². The maximum absolute atomic E-state index is 14.6. The fourth-order valence-corrected chi connectivity index (χ4v) is 13.0. The van der Waals surface area contributed by atoms with Gasteiger partial charge in [-0.1, -0.05) is 105 Å². The molecule has 0 aliphatic rings. The molecule has 0 bridgehead atoms. The number of rotatable bonds is 64. The van der Waals surface area contributed by atoms with Gasteiger partial charge in [0.05, 0.1) is 44.8 Å². The molecule has 49 heteroatoms. The number of amides is 18. The Balaban J connectivity index is 1.81. The first kappa shape index (κ1) is 114. The van der Waals surface area contributed by atoms with Gasteiger partial charge in [-0.15, -0.1) is 0 Å². The summed E-state index contributed by atoms with van der Waals surface area (Å²) in [4.78, 5) is 266. The van der Waals surface area contributed by atoms with Crippen molar-refractivity contribution < 1.29 is 106 Å². The summed E-state index contributed by atoms with van der Waals surface area (Å²) < 4.78 is 0. The predicted octanol–water partition coefficient (Wildman–Crippen LogP) is -10.3. The van der Waals surface area contributed by atoms with Crippen LogP contribution < -0.4 is 137 Å². The van der Waals surface area contributed by atoms with Gasteiger partial charge in [0.2, 0.25) is 106 Å². The number of benzene rings is 3. The van der Waals surface area contributed by atoms with E-state index < -0.39 is 248 Å². The highest BCUT2D eigenvalue weighted by molar-refractivity contribution is 6.01. The van der Waals surface area contributed by atoms with Gasteiger partial charge in [0.15, 0.2) is 11.9 Å². The van der Waals surface area contributed by atoms with E-state index >= 15 is 0 Å². The zero-order valence-electron chi connectivity index (χ0n) is 75.8. The first-order valence-electron chi connectivity index (χ1n) is 43.7. The molecule has 0 radical (unpaired) electrons. The van der Waals surface area contributed by atoms with Gasteiger partial charge in [-0.25, -0.2) is 4.79 Å². The lowest BCUT2D eigenvalue weighted by Gasteiger charge is -2.28. The van der Waals surface area contributed by atoms with Crippen LogP contribution in [0.2, 0.25) is 0 Å². The molecule has 18 amide bonds. The van der Waals surface area contributed by atoms with Crippen LogP contribution in [-0.4, -0.2) is 283 Å². The zero-order chi connectivity index (χ0) is 100. The first-order chi connectivity index (χ1) is 63.4. The van der Waals surface area contributed by atoms with Crippen LogP contribution in [0, 0.1) is 5.92 Å². The molecule has 3 rings (SSSR count). The Morgan fingerprint density at radius 3 is 1.13 bits per heavy atom. The average Bonchev–Trinajstić information content (AvgIpc) is 0.844. The van der Waals surface area contributed by atoms with Crippen molar-refractivity contribution in [1.29, 1.82) is 0 Å². The quantitative estimate of drug-likeness (QED) is 0.0142. The number of nitrogens with one attached hydrogen (secondary N) is 16. The topological polar surface area (TPSA) is 836 Å². The molecule has 0 aliphatic carbocycles. The third-order valence-electron chi connectivity index (χ3n) is 20.2. The number of carbonyl (C=O) groups is 19. The largest absolute Gasteiger partial charge is 0.480 e. The van der Waals surface area contributed by atoms with E-state index in [0.29, 0.717) is 24.0 Å². The molecule has 0 saturated heterocycles. The summed E-state index contributed by atoms with van der Waals surface area (Å²) >= 11 is 0. The third-order valence-corrected chi connectivity index (χ3v) is 20.2. The van der Waals surface area contributed by atoms with Crippen molar-refractivity contribution in [2.45, 2.75) is 234 Å². The minimum atomic E-state index is -1.85. The molecule has 0 aromatic heterocycles. The summed E-state index contributed by atoms with van der Waals surface area (Å²) in [7, 11) is 0. The van der Waals surface area contributed by atoms with Crippen LogP contribution in [0.5, 0.6) is 0 Å². The van der Waals surface area contributed by atoms with Crippen molar-refractivity contribution >= 4 is 124 Å². The van der Waals surface area contributed by atoms with Gasteiger partial charge in [0.1, 0.15) is 78.5 Å². The van der Waals surface area contributed by atoms with E-state index in [9.17, 15) is 106 Å². The Morgan fingerprint density at radius 1 is 0.343 bits per heavy atom. The highest BCUT2D eigenvalue weighted by Gasteiger charge is 2.38. The van der Waals surface area contributed by atoms with Crippen molar-refractivity contribution in [3.05, 3.63) is 108 Å². The fraction of sp³-hybridized carbons (Fsp3) is 0.541. The molecule has 3 aromatic carbocycles. The minimum Gasteiger partial charge on any atom is -0.480 e. The number of aliphatic hydroxyl groups is 2. The summed E-state index contributed by atoms with van der Waals surface area (Å²) in [6.07, 6.45) is -3.41. The Bertz CT molecular complexity index is 4450. The molecule has 3 aromatic rings. The molecule has 0 saturated carbocycles. The number of carboxylic acids is 1. The molecule has 0 spiro atoms. The Kier molecular flexibility index (Phi) is 52.4. The van der Waals surface area contributed by atoms with Gasteiger partial charge in [-0.3, -0.25) is 96.3 Å². The van der Waals surface area contributed by atoms with Gasteiger partial charge in [-0.05, 0) is 140 Å². The zero-order valence-corrected chi connectivity index (χ0v) is 75.8. The number of nitrogens with zero attached hydrogens (tertiary/aromatic N) is 2. The number of aliphatic imine (C=N–C) groups is 2. The van der Waals surface area contributed by atoms with E-state index in [4.69, 9.17) is 51.6 Å². The first-order valence-corrected chi connectivity index (χ1v) is 43.7. The average molecular weight is 1890 g/mol. The lowest BCUT2D eigenvalue weighted by atomic mass is 9.99.